The van der Waals surface area contributed by atoms with Crippen LogP contribution in [0.4, 0.5) is 0 Å². The number of aliphatic hydroxyl groups is 1. The SMILES string of the molecule is CC[Si](CC)(CC)O[C@H]1[C@H]2O[C@@H](CO)C[C@@H](C)[C@@H]2[C@@]2(C)CC[C@@]34C[C@@]35CC[C@H](OS)C(C)(C)[C@@H]5CC[C@H]4[C@]12C. The summed E-state index contributed by atoms with van der Waals surface area (Å²) in [6.45, 7) is 20.0. The Balaban J connectivity index is 1.45. The fourth-order valence-corrected chi connectivity index (χ4v) is 16.4. The molecule has 1 saturated heterocycles. The third kappa shape index (κ3) is 3.51. The molecule has 39 heavy (non-hydrogen) atoms. The molecular formula is C33H58O4SSi. The molecule has 6 rings (SSSR count). The number of aliphatic hydroxyl groups excluding tert-OH is 1. The molecule has 1 N–H and O–H groups in total. The van der Waals surface area contributed by atoms with Gasteiger partial charge in [0.2, 0.25) is 0 Å². The Morgan fingerprint density at radius 2 is 1.56 bits per heavy atom. The summed E-state index contributed by atoms with van der Waals surface area (Å²) in [6.07, 6.45) is 10.7. The van der Waals surface area contributed by atoms with Crippen molar-refractivity contribution in [1.82, 2.24) is 0 Å². The molecule has 6 aliphatic rings. The number of fused-ring (bicyclic) bond motifs is 4. The summed E-state index contributed by atoms with van der Waals surface area (Å²) in [6, 6.07) is 3.54. The van der Waals surface area contributed by atoms with E-state index in [0.717, 1.165) is 18.8 Å². The summed E-state index contributed by atoms with van der Waals surface area (Å²) >= 11 is 4.34. The van der Waals surface area contributed by atoms with E-state index in [4.69, 9.17) is 13.3 Å². The van der Waals surface area contributed by atoms with Gasteiger partial charge in [0.15, 0.2) is 8.32 Å². The summed E-state index contributed by atoms with van der Waals surface area (Å²) in [4.78, 5) is 0. The molecule has 0 radical (unpaired) electrons. The zero-order valence-electron chi connectivity index (χ0n) is 26.2. The third-order valence-corrected chi connectivity index (χ3v) is 20.3. The predicted molar refractivity (Wildman–Crippen MR) is 163 cm³/mol. The minimum Gasteiger partial charge on any atom is -0.411 e. The molecule has 5 aliphatic carbocycles. The zero-order valence-corrected chi connectivity index (χ0v) is 28.1. The molecule has 0 bridgehead atoms. The maximum absolute atomic E-state index is 10.3. The van der Waals surface area contributed by atoms with Gasteiger partial charge < -0.3 is 18.5 Å². The highest BCUT2D eigenvalue weighted by Gasteiger charge is 2.85. The van der Waals surface area contributed by atoms with Gasteiger partial charge in [-0.3, -0.25) is 0 Å². The van der Waals surface area contributed by atoms with E-state index in [9.17, 15) is 5.11 Å². The van der Waals surface area contributed by atoms with Crippen LogP contribution < -0.4 is 0 Å². The topological polar surface area (TPSA) is 47.9 Å². The molecule has 0 aromatic heterocycles. The second-order valence-corrected chi connectivity index (χ2v) is 21.2. The normalized spacial score (nSPS) is 53.7. The Morgan fingerprint density at radius 3 is 2.18 bits per heavy atom. The molecule has 6 heteroatoms. The van der Waals surface area contributed by atoms with Crippen molar-refractivity contribution in [2.75, 3.05) is 6.61 Å². The van der Waals surface area contributed by atoms with E-state index in [1.54, 1.807) is 0 Å². The highest BCUT2D eigenvalue weighted by Crippen LogP contribution is 2.89. The molecule has 4 nitrogen and oxygen atoms in total. The molecule has 1 heterocycles. The summed E-state index contributed by atoms with van der Waals surface area (Å²) < 4.78 is 20.5. The Labute approximate surface area is 245 Å². The minimum absolute atomic E-state index is 0.0464. The van der Waals surface area contributed by atoms with Gasteiger partial charge in [-0.05, 0) is 128 Å². The van der Waals surface area contributed by atoms with Gasteiger partial charge in [0, 0.05) is 5.41 Å². The summed E-state index contributed by atoms with van der Waals surface area (Å²) in [5, 5.41) is 10.3. The van der Waals surface area contributed by atoms with Crippen LogP contribution in [0.1, 0.15) is 107 Å². The first-order valence-electron chi connectivity index (χ1n) is 16.6. The second-order valence-electron chi connectivity index (χ2n) is 16.3. The number of hydrogen-bond donors (Lipinski definition) is 2. The van der Waals surface area contributed by atoms with E-state index in [-0.39, 0.29) is 47.3 Å². The van der Waals surface area contributed by atoms with E-state index >= 15 is 0 Å². The first kappa shape index (κ1) is 29.5. The van der Waals surface area contributed by atoms with Crippen molar-refractivity contribution in [2.24, 2.45) is 50.7 Å². The number of ether oxygens (including phenoxy) is 1. The highest BCUT2D eigenvalue weighted by atomic mass is 32.1. The van der Waals surface area contributed by atoms with E-state index in [1.807, 2.05) is 0 Å². The van der Waals surface area contributed by atoms with Gasteiger partial charge in [-0.15, -0.1) is 0 Å². The lowest BCUT2D eigenvalue weighted by atomic mass is 9.41. The van der Waals surface area contributed by atoms with E-state index in [2.05, 4.69) is 68.3 Å². The average Bonchev–Trinajstić information content (AvgIpc) is 3.54. The van der Waals surface area contributed by atoms with Crippen molar-refractivity contribution >= 4 is 21.2 Å². The van der Waals surface area contributed by atoms with Gasteiger partial charge in [0.05, 0.1) is 31.0 Å². The summed E-state index contributed by atoms with van der Waals surface area (Å²) in [5.41, 5.74) is 1.42. The molecule has 2 spiro atoms. The maximum Gasteiger partial charge on any atom is 0.192 e. The van der Waals surface area contributed by atoms with Gasteiger partial charge in [0.25, 0.3) is 0 Å². The van der Waals surface area contributed by atoms with Gasteiger partial charge >= 0.3 is 0 Å². The van der Waals surface area contributed by atoms with E-state index < -0.39 is 8.32 Å². The van der Waals surface area contributed by atoms with Crippen molar-refractivity contribution < 1.29 is 18.5 Å². The summed E-state index contributed by atoms with van der Waals surface area (Å²) in [5.74, 6) is 2.50. The molecule has 0 aromatic carbocycles. The minimum atomic E-state index is -1.88. The lowest BCUT2D eigenvalue weighted by Gasteiger charge is -2.64. The fraction of sp³-hybridized carbons (Fsp3) is 1.00. The Hall–Kier alpha value is 0.407. The lowest BCUT2D eigenvalue weighted by Crippen LogP contribution is -2.61. The molecule has 6 fully saturated rings. The summed E-state index contributed by atoms with van der Waals surface area (Å²) in [7, 11) is -1.88. The fourth-order valence-electron chi connectivity index (χ4n) is 13.1. The van der Waals surface area contributed by atoms with Gasteiger partial charge in [-0.2, -0.15) is 0 Å². The molecule has 12 atom stereocenters. The molecule has 1 aliphatic heterocycles. The van der Waals surface area contributed by atoms with Gasteiger partial charge in [0.1, 0.15) is 0 Å². The van der Waals surface area contributed by atoms with Crippen molar-refractivity contribution in [3.05, 3.63) is 0 Å². The van der Waals surface area contributed by atoms with Crippen LogP contribution in [0.2, 0.25) is 18.1 Å². The molecule has 224 valence electrons. The van der Waals surface area contributed by atoms with Crippen LogP contribution in [-0.4, -0.2) is 44.4 Å². The standard InChI is InChI=1S/C33H58O4SSi/c1-9-39(10-2,11-3)37-28-27-26(21(4)18-22(19-34)35-27)30(7)16-17-33-20-32(33)15-14-25(36-38)29(5,6)23(32)12-13-24(33)31(28,30)8/h21-28,34,38H,9-20H2,1-8H3/t21-,22-,23+,24+,25+,26+,27+,28+,30-,31-,32-,33+/m1/s1. The van der Waals surface area contributed by atoms with E-state index in [1.165, 1.54) is 56.7 Å². The monoisotopic (exact) mass is 578 g/mol. The number of thiol groups is 1. The quantitative estimate of drug-likeness (QED) is 0.182. The molecular weight excluding hydrogens is 521 g/mol. The number of hydrogen-bond acceptors (Lipinski definition) is 5. The van der Waals surface area contributed by atoms with Crippen LogP contribution in [0.15, 0.2) is 0 Å². The zero-order chi connectivity index (χ0) is 28.2. The third-order valence-electron chi connectivity index (χ3n) is 15.4. The smallest absolute Gasteiger partial charge is 0.192 e. The molecule has 0 amide bonds. The van der Waals surface area contributed by atoms with Crippen molar-refractivity contribution in [1.29, 1.82) is 0 Å². The van der Waals surface area contributed by atoms with Crippen molar-refractivity contribution in [3.63, 3.8) is 0 Å². The van der Waals surface area contributed by atoms with Crippen LogP contribution >= 0.6 is 12.9 Å². The van der Waals surface area contributed by atoms with Crippen molar-refractivity contribution in [3.8, 4) is 0 Å². The largest absolute Gasteiger partial charge is 0.411 e. The molecule has 5 saturated carbocycles. The second kappa shape index (κ2) is 9.45. The highest BCUT2D eigenvalue weighted by molar-refractivity contribution is 7.75. The first-order chi connectivity index (χ1) is 18.4. The lowest BCUT2D eigenvalue weighted by molar-refractivity contribution is -0.176. The van der Waals surface area contributed by atoms with Gasteiger partial charge in [-0.1, -0.05) is 55.4 Å². The molecule has 0 unspecified atom stereocenters. The predicted octanol–water partition coefficient (Wildman–Crippen LogP) is 8.05. The average molecular weight is 579 g/mol. The van der Waals surface area contributed by atoms with Crippen LogP contribution in [0.3, 0.4) is 0 Å². The van der Waals surface area contributed by atoms with Crippen LogP contribution in [0, 0.1) is 50.7 Å². The van der Waals surface area contributed by atoms with E-state index in [0.29, 0.717) is 28.6 Å². The first-order valence-corrected chi connectivity index (χ1v) is 19.5. The molecule has 0 aromatic rings. The maximum atomic E-state index is 10.3. The van der Waals surface area contributed by atoms with Crippen LogP contribution in [-0.2, 0) is 13.3 Å². The Bertz CT molecular complexity index is 948. The Morgan fingerprint density at radius 1 is 0.923 bits per heavy atom. The van der Waals surface area contributed by atoms with Crippen molar-refractivity contribution in [2.45, 2.75) is 149 Å². The Kier molecular flexibility index (Phi) is 7.14. The van der Waals surface area contributed by atoms with Gasteiger partial charge in [-0.25, -0.2) is 0 Å². The van der Waals surface area contributed by atoms with Crippen LogP contribution in [0.5, 0.6) is 0 Å². The van der Waals surface area contributed by atoms with Crippen LogP contribution in [0.25, 0.3) is 0 Å². The number of rotatable bonds is 7.